The lowest BCUT2D eigenvalue weighted by Gasteiger charge is -2.41. The van der Waals surface area contributed by atoms with E-state index in [2.05, 4.69) is 42.8 Å². The van der Waals surface area contributed by atoms with Crippen molar-refractivity contribution in [2.75, 3.05) is 18.0 Å². The summed E-state index contributed by atoms with van der Waals surface area (Å²) in [5.74, 6) is 1.13. The van der Waals surface area contributed by atoms with E-state index in [9.17, 15) is 0 Å². The maximum Gasteiger partial charge on any atom is 0.128 e. The molecule has 3 heteroatoms. The minimum atomic E-state index is 0.252. The summed E-state index contributed by atoms with van der Waals surface area (Å²) in [7, 11) is 0. The summed E-state index contributed by atoms with van der Waals surface area (Å²) in [6.45, 7) is 9.09. The monoisotopic (exact) mass is 289 g/mol. The van der Waals surface area contributed by atoms with Crippen LogP contribution in [0, 0.1) is 5.41 Å². The van der Waals surface area contributed by atoms with Crippen molar-refractivity contribution in [3.63, 3.8) is 0 Å². The molecule has 0 aromatic carbocycles. The zero-order chi connectivity index (χ0) is 15.3. The van der Waals surface area contributed by atoms with Crippen LogP contribution in [0.5, 0.6) is 0 Å². The molecule has 3 nitrogen and oxygen atoms in total. The molecule has 1 aromatic rings. The average Bonchev–Trinajstić information content (AvgIpc) is 2.55. The van der Waals surface area contributed by atoms with Gasteiger partial charge in [0.2, 0.25) is 0 Å². The first kappa shape index (κ1) is 16.3. The van der Waals surface area contributed by atoms with E-state index >= 15 is 0 Å². The first-order valence-electron chi connectivity index (χ1n) is 8.58. The number of rotatable bonds is 6. The fraction of sp³-hybridized carbons (Fsp3) is 0.722. The molecular formula is C18H31N3. The van der Waals surface area contributed by atoms with E-state index in [1.807, 2.05) is 6.20 Å². The molecule has 21 heavy (non-hydrogen) atoms. The molecule has 1 atom stereocenters. The van der Waals surface area contributed by atoms with Gasteiger partial charge in [-0.25, -0.2) is 4.98 Å². The summed E-state index contributed by atoms with van der Waals surface area (Å²) < 4.78 is 0. The lowest BCUT2D eigenvalue weighted by molar-refractivity contribution is 0.199. The second-order valence-corrected chi connectivity index (χ2v) is 6.59. The van der Waals surface area contributed by atoms with Crippen molar-refractivity contribution in [2.24, 2.45) is 11.1 Å². The first-order valence-corrected chi connectivity index (χ1v) is 8.58. The second-order valence-electron chi connectivity index (χ2n) is 6.59. The van der Waals surface area contributed by atoms with Gasteiger partial charge in [-0.3, -0.25) is 0 Å². The molecule has 1 saturated heterocycles. The number of aromatic nitrogens is 1. The normalized spacial score (nSPS) is 19.5. The topological polar surface area (TPSA) is 42.1 Å². The molecule has 0 spiro atoms. The van der Waals surface area contributed by atoms with Crippen molar-refractivity contribution in [3.8, 4) is 0 Å². The van der Waals surface area contributed by atoms with Gasteiger partial charge in [0.1, 0.15) is 5.82 Å². The zero-order valence-corrected chi connectivity index (χ0v) is 13.9. The van der Waals surface area contributed by atoms with Gasteiger partial charge in [-0.15, -0.1) is 0 Å². The minimum absolute atomic E-state index is 0.252. The van der Waals surface area contributed by atoms with E-state index in [0.717, 1.165) is 31.7 Å². The average molecular weight is 289 g/mol. The molecular weight excluding hydrogens is 258 g/mol. The Morgan fingerprint density at radius 1 is 1.19 bits per heavy atom. The van der Waals surface area contributed by atoms with Gasteiger partial charge in [0.25, 0.3) is 0 Å². The molecule has 0 radical (unpaired) electrons. The number of nitrogens with zero attached hydrogens (tertiary/aromatic N) is 2. The standard InChI is InChI=1S/C18H31N3/c1-4-16(19)13-15-7-8-17(20-14-15)21-11-9-18(5-2,6-3)10-12-21/h7-8,14,16H,4-6,9-13,19H2,1-3H3. The number of hydrogen-bond acceptors (Lipinski definition) is 3. The van der Waals surface area contributed by atoms with Gasteiger partial charge >= 0.3 is 0 Å². The molecule has 0 aliphatic carbocycles. The van der Waals surface area contributed by atoms with Crippen molar-refractivity contribution >= 4 is 5.82 Å². The highest BCUT2D eigenvalue weighted by Crippen LogP contribution is 2.38. The molecule has 2 heterocycles. The molecule has 118 valence electrons. The number of hydrogen-bond donors (Lipinski definition) is 1. The Labute approximate surface area is 129 Å². The molecule has 0 bridgehead atoms. The highest BCUT2D eigenvalue weighted by molar-refractivity contribution is 5.40. The predicted octanol–water partition coefficient (Wildman–Crippen LogP) is 3.77. The molecule has 2 rings (SSSR count). The molecule has 1 aliphatic heterocycles. The number of anilines is 1. The minimum Gasteiger partial charge on any atom is -0.357 e. The highest BCUT2D eigenvalue weighted by Gasteiger charge is 2.31. The van der Waals surface area contributed by atoms with Gasteiger partial charge < -0.3 is 10.6 Å². The van der Waals surface area contributed by atoms with Gasteiger partial charge in [-0.2, -0.15) is 0 Å². The fourth-order valence-electron chi connectivity index (χ4n) is 3.34. The summed E-state index contributed by atoms with van der Waals surface area (Å²) in [6.07, 6.45) is 9.15. The second kappa shape index (κ2) is 7.26. The van der Waals surface area contributed by atoms with E-state index in [0.29, 0.717) is 5.41 Å². The van der Waals surface area contributed by atoms with Crippen molar-refractivity contribution in [1.82, 2.24) is 4.98 Å². The van der Waals surface area contributed by atoms with Crippen LogP contribution in [0.1, 0.15) is 58.4 Å². The first-order chi connectivity index (χ1) is 10.1. The smallest absolute Gasteiger partial charge is 0.128 e. The van der Waals surface area contributed by atoms with E-state index in [1.165, 1.54) is 31.2 Å². The molecule has 0 amide bonds. The van der Waals surface area contributed by atoms with Gasteiger partial charge in [0.15, 0.2) is 0 Å². The molecule has 2 N–H and O–H groups in total. The zero-order valence-electron chi connectivity index (χ0n) is 13.9. The van der Waals surface area contributed by atoms with Gasteiger partial charge in [0, 0.05) is 25.3 Å². The maximum absolute atomic E-state index is 6.01. The van der Waals surface area contributed by atoms with Crippen molar-refractivity contribution in [1.29, 1.82) is 0 Å². The van der Waals surface area contributed by atoms with Crippen LogP contribution in [-0.2, 0) is 6.42 Å². The Kier molecular flexibility index (Phi) is 5.63. The number of nitrogens with two attached hydrogens (primary N) is 1. The number of pyridine rings is 1. The largest absolute Gasteiger partial charge is 0.357 e. The molecule has 0 saturated carbocycles. The van der Waals surface area contributed by atoms with Crippen LogP contribution in [0.2, 0.25) is 0 Å². The third-order valence-electron chi connectivity index (χ3n) is 5.48. The van der Waals surface area contributed by atoms with Crippen LogP contribution in [0.15, 0.2) is 18.3 Å². The Morgan fingerprint density at radius 3 is 2.33 bits per heavy atom. The van der Waals surface area contributed by atoms with Crippen LogP contribution >= 0.6 is 0 Å². The quantitative estimate of drug-likeness (QED) is 0.867. The Hall–Kier alpha value is -1.09. The van der Waals surface area contributed by atoms with Crippen molar-refractivity contribution in [3.05, 3.63) is 23.9 Å². The summed E-state index contributed by atoms with van der Waals surface area (Å²) >= 11 is 0. The molecule has 1 unspecified atom stereocenters. The fourth-order valence-corrected chi connectivity index (χ4v) is 3.34. The number of piperidine rings is 1. The molecule has 1 aliphatic rings. The van der Waals surface area contributed by atoms with Crippen molar-refractivity contribution in [2.45, 2.75) is 65.3 Å². The van der Waals surface area contributed by atoms with Crippen LogP contribution < -0.4 is 10.6 Å². The van der Waals surface area contributed by atoms with Gasteiger partial charge in [-0.1, -0.05) is 39.7 Å². The lowest BCUT2D eigenvalue weighted by Crippen LogP contribution is -2.40. The third kappa shape index (κ3) is 3.97. The maximum atomic E-state index is 6.01. The van der Waals surface area contributed by atoms with E-state index in [4.69, 9.17) is 5.73 Å². The summed E-state index contributed by atoms with van der Waals surface area (Å²) in [6, 6.07) is 4.62. The molecule has 1 fully saturated rings. The summed E-state index contributed by atoms with van der Waals surface area (Å²) in [5.41, 5.74) is 7.83. The van der Waals surface area contributed by atoms with Crippen LogP contribution in [0.25, 0.3) is 0 Å². The van der Waals surface area contributed by atoms with Crippen LogP contribution in [-0.4, -0.2) is 24.1 Å². The van der Waals surface area contributed by atoms with E-state index in [-0.39, 0.29) is 6.04 Å². The Bertz CT molecular complexity index is 413. The third-order valence-corrected chi connectivity index (χ3v) is 5.48. The van der Waals surface area contributed by atoms with Crippen LogP contribution in [0.4, 0.5) is 5.82 Å². The van der Waals surface area contributed by atoms with Crippen LogP contribution in [0.3, 0.4) is 0 Å². The Morgan fingerprint density at radius 2 is 1.86 bits per heavy atom. The predicted molar refractivity (Wildman–Crippen MR) is 90.7 cm³/mol. The Balaban J connectivity index is 1.95. The van der Waals surface area contributed by atoms with E-state index in [1.54, 1.807) is 0 Å². The van der Waals surface area contributed by atoms with Crippen molar-refractivity contribution < 1.29 is 0 Å². The molecule has 1 aromatic heterocycles. The summed E-state index contributed by atoms with van der Waals surface area (Å²) in [5, 5.41) is 0. The summed E-state index contributed by atoms with van der Waals surface area (Å²) in [4.78, 5) is 7.10. The lowest BCUT2D eigenvalue weighted by atomic mass is 9.74. The van der Waals surface area contributed by atoms with Gasteiger partial charge in [0.05, 0.1) is 0 Å². The highest BCUT2D eigenvalue weighted by atomic mass is 15.2. The SMILES string of the molecule is CCC(N)Cc1ccc(N2CCC(CC)(CC)CC2)nc1. The van der Waals surface area contributed by atoms with Gasteiger partial charge in [-0.05, 0) is 42.7 Å². The van der Waals surface area contributed by atoms with E-state index < -0.39 is 0 Å².